The highest BCUT2D eigenvalue weighted by molar-refractivity contribution is 5.56. The molecule has 0 saturated heterocycles. The first-order valence-corrected chi connectivity index (χ1v) is 6.53. The number of aryl methyl sites for hydroxylation is 2. The Hall–Kier alpha value is -1.98. The van der Waals surface area contributed by atoms with Crippen molar-refractivity contribution in [2.75, 3.05) is 13.7 Å². The fourth-order valence-corrected chi connectivity index (χ4v) is 1.98. The Morgan fingerprint density at radius 1 is 1.15 bits per heavy atom. The quantitative estimate of drug-likeness (QED) is 0.646. The Balaban J connectivity index is 2.24. The van der Waals surface area contributed by atoms with Gasteiger partial charge < -0.3 is 9.57 Å². The summed E-state index contributed by atoms with van der Waals surface area (Å²) in [6.07, 6.45) is 1.67. The minimum absolute atomic E-state index is 0.530. The topological polar surface area (TPSA) is 70.3 Å². The Bertz CT molecular complexity index is 573. The molecular formula is C15H19N3O2. The highest BCUT2D eigenvalue weighted by Gasteiger charge is 2.06. The fraction of sp³-hybridized carbons (Fsp3) is 0.333. The van der Waals surface area contributed by atoms with E-state index in [0.717, 1.165) is 41.4 Å². The van der Waals surface area contributed by atoms with Crippen LogP contribution in [0.3, 0.4) is 0 Å². The van der Waals surface area contributed by atoms with Gasteiger partial charge in [-0.3, -0.25) is 9.97 Å². The van der Waals surface area contributed by atoms with Crippen LogP contribution in [-0.4, -0.2) is 23.7 Å². The summed E-state index contributed by atoms with van der Waals surface area (Å²) < 4.78 is 5.27. The largest absolute Gasteiger partial charge is 0.497 e. The van der Waals surface area contributed by atoms with E-state index >= 15 is 0 Å². The first-order valence-electron chi connectivity index (χ1n) is 6.53. The van der Waals surface area contributed by atoms with Crippen LogP contribution in [0, 0.1) is 6.92 Å². The van der Waals surface area contributed by atoms with Crippen LogP contribution in [0.5, 0.6) is 5.75 Å². The summed E-state index contributed by atoms with van der Waals surface area (Å²) in [7, 11) is 1.65. The van der Waals surface area contributed by atoms with Gasteiger partial charge in [0.1, 0.15) is 5.75 Å². The summed E-state index contributed by atoms with van der Waals surface area (Å²) in [5, 5.41) is 0. The maximum Gasteiger partial charge on any atom is 0.122 e. The van der Waals surface area contributed by atoms with E-state index in [2.05, 4.69) is 14.8 Å². The van der Waals surface area contributed by atoms with E-state index in [-0.39, 0.29) is 0 Å². The van der Waals surface area contributed by atoms with Gasteiger partial charge >= 0.3 is 0 Å². The zero-order valence-electron chi connectivity index (χ0n) is 11.8. The monoisotopic (exact) mass is 273 g/mol. The van der Waals surface area contributed by atoms with Crippen molar-refractivity contribution in [3.8, 4) is 17.1 Å². The van der Waals surface area contributed by atoms with Gasteiger partial charge in [0, 0.05) is 23.5 Å². The van der Waals surface area contributed by atoms with Crippen LogP contribution in [0.2, 0.25) is 0 Å². The van der Waals surface area contributed by atoms with Gasteiger partial charge in [0.15, 0.2) is 0 Å². The normalized spacial score (nSPS) is 10.6. The highest BCUT2D eigenvalue weighted by atomic mass is 16.6. The van der Waals surface area contributed by atoms with Crippen molar-refractivity contribution in [3.63, 3.8) is 0 Å². The van der Waals surface area contributed by atoms with Crippen LogP contribution in [0.4, 0.5) is 0 Å². The molecule has 0 aliphatic heterocycles. The molecule has 2 aromatic rings. The van der Waals surface area contributed by atoms with Crippen molar-refractivity contribution in [2.45, 2.75) is 19.8 Å². The molecule has 5 nitrogen and oxygen atoms in total. The third-order valence-corrected chi connectivity index (χ3v) is 2.93. The van der Waals surface area contributed by atoms with E-state index in [0.29, 0.717) is 6.61 Å². The highest BCUT2D eigenvalue weighted by Crippen LogP contribution is 2.21. The van der Waals surface area contributed by atoms with Gasteiger partial charge in [-0.2, -0.15) is 0 Å². The Labute approximate surface area is 118 Å². The zero-order chi connectivity index (χ0) is 14.4. The number of hydrogen-bond acceptors (Lipinski definition) is 5. The molecule has 2 N–H and O–H groups in total. The lowest BCUT2D eigenvalue weighted by Crippen LogP contribution is -2.03. The van der Waals surface area contributed by atoms with Crippen molar-refractivity contribution in [1.29, 1.82) is 0 Å². The number of nitrogens with two attached hydrogens (primary N) is 1. The predicted octanol–water partition coefficient (Wildman–Crippen LogP) is 2.28. The lowest BCUT2D eigenvalue weighted by atomic mass is 10.1. The minimum atomic E-state index is 0.530. The Kier molecular flexibility index (Phi) is 5.03. The number of nitrogens with zero attached hydrogens (tertiary/aromatic N) is 2. The molecule has 0 atom stereocenters. The van der Waals surface area contributed by atoms with Gasteiger partial charge in [-0.25, -0.2) is 5.90 Å². The molecule has 0 saturated carbocycles. The second-order valence-corrected chi connectivity index (χ2v) is 4.52. The van der Waals surface area contributed by atoms with E-state index < -0.39 is 0 Å². The number of aromatic nitrogens is 2. The van der Waals surface area contributed by atoms with Crippen LogP contribution in [0.25, 0.3) is 11.4 Å². The lowest BCUT2D eigenvalue weighted by molar-refractivity contribution is 0.135. The fourth-order valence-electron chi connectivity index (χ4n) is 1.98. The smallest absolute Gasteiger partial charge is 0.122 e. The molecular weight excluding hydrogens is 254 g/mol. The Morgan fingerprint density at radius 3 is 2.75 bits per heavy atom. The van der Waals surface area contributed by atoms with Crippen LogP contribution in [0.15, 0.2) is 30.3 Å². The van der Waals surface area contributed by atoms with Crippen LogP contribution in [0.1, 0.15) is 17.8 Å². The van der Waals surface area contributed by atoms with E-state index in [1.165, 1.54) is 0 Å². The summed E-state index contributed by atoms with van der Waals surface area (Å²) >= 11 is 0. The summed E-state index contributed by atoms with van der Waals surface area (Å²) in [4.78, 5) is 13.7. The minimum Gasteiger partial charge on any atom is -0.497 e. The Morgan fingerprint density at radius 2 is 2.00 bits per heavy atom. The molecule has 0 amide bonds. The molecule has 0 spiro atoms. The van der Waals surface area contributed by atoms with Crippen molar-refractivity contribution in [2.24, 2.45) is 5.90 Å². The number of hydrogen-bond donors (Lipinski definition) is 1. The SMILES string of the molecule is COc1cc(C)nc(-c2cccc(CCCON)n2)c1. The van der Waals surface area contributed by atoms with E-state index in [9.17, 15) is 0 Å². The lowest BCUT2D eigenvalue weighted by Gasteiger charge is -2.07. The number of ether oxygens (including phenoxy) is 1. The van der Waals surface area contributed by atoms with Crippen molar-refractivity contribution in [1.82, 2.24) is 9.97 Å². The second kappa shape index (κ2) is 6.98. The third kappa shape index (κ3) is 3.76. The van der Waals surface area contributed by atoms with Crippen molar-refractivity contribution < 1.29 is 9.57 Å². The molecule has 2 rings (SSSR count). The maximum absolute atomic E-state index is 5.27. The van der Waals surface area contributed by atoms with Gasteiger partial charge in [0.05, 0.1) is 25.1 Å². The average Bonchev–Trinajstić information content (AvgIpc) is 2.47. The second-order valence-electron chi connectivity index (χ2n) is 4.52. The van der Waals surface area contributed by atoms with E-state index in [1.807, 2.05) is 37.3 Å². The van der Waals surface area contributed by atoms with Crippen molar-refractivity contribution in [3.05, 3.63) is 41.7 Å². The first-order chi connectivity index (χ1) is 9.72. The summed E-state index contributed by atoms with van der Waals surface area (Å²) in [6, 6.07) is 9.71. The maximum atomic E-state index is 5.27. The molecule has 0 aliphatic rings. The van der Waals surface area contributed by atoms with E-state index in [1.54, 1.807) is 7.11 Å². The summed E-state index contributed by atoms with van der Waals surface area (Å²) in [5.41, 5.74) is 3.57. The van der Waals surface area contributed by atoms with Gasteiger partial charge in [-0.15, -0.1) is 0 Å². The molecule has 2 aromatic heterocycles. The van der Waals surface area contributed by atoms with E-state index in [4.69, 9.17) is 10.6 Å². The molecule has 0 bridgehead atoms. The molecule has 106 valence electrons. The molecule has 0 unspecified atom stereocenters. The third-order valence-electron chi connectivity index (χ3n) is 2.93. The number of rotatable bonds is 6. The molecule has 2 heterocycles. The van der Waals surface area contributed by atoms with Gasteiger partial charge in [-0.05, 0) is 31.9 Å². The van der Waals surface area contributed by atoms with Crippen LogP contribution < -0.4 is 10.6 Å². The summed E-state index contributed by atoms with van der Waals surface area (Å²) in [5.74, 6) is 5.81. The standard InChI is InChI=1S/C15H19N3O2/c1-11-9-13(19-2)10-15(17-11)14-7-3-5-12(18-14)6-4-8-20-16/h3,5,7,9-10H,4,6,8,16H2,1-2H3. The molecule has 20 heavy (non-hydrogen) atoms. The molecule has 0 aromatic carbocycles. The van der Waals surface area contributed by atoms with Crippen LogP contribution >= 0.6 is 0 Å². The van der Waals surface area contributed by atoms with Gasteiger partial charge in [0.25, 0.3) is 0 Å². The van der Waals surface area contributed by atoms with Gasteiger partial charge in [-0.1, -0.05) is 6.07 Å². The predicted molar refractivity (Wildman–Crippen MR) is 77.2 cm³/mol. The molecule has 0 radical (unpaired) electrons. The molecule has 0 aliphatic carbocycles. The molecule has 5 heteroatoms. The first kappa shape index (κ1) is 14.4. The zero-order valence-corrected chi connectivity index (χ0v) is 11.8. The van der Waals surface area contributed by atoms with Gasteiger partial charge in [0.2, 0.25) is 0 Å². The van der Waals surface area contributed by atoms with Crippen molar-refractivity contribution >= 4 is 0 Å². The number of pyridine rings is 2. The summed E-state index contributed by atoms with van der Waals surface area (Å²) in [6.45, 7) is 2.47. The van der Waals surface area contributed by atoms with Crippen LogP contribution in [-0.2, 0) is 11.3 Å². The number of methoxy groups -OCH3 is 1. The average molecular weight is 273 g/mol. The molecule has 0 fully saturated rings.